The van der Waals surface area contributed by atoms with Crippen LogP contribution in [-0.4, -0.2) is 25.3 Å². The largest absolute Gasteiger partial charge is 0.460 e. The number of hydrogen-bond donors (Lipinski definition) is 0. The van der Waals surface area contributed by atoms with Crippen molar-refractivity contribution in [2.45, 2.75) is 26.9 Å². The van der Waals surface area contributed by atoms with Crippen molar-refractivity contribution in [3.05, 3.63) is 77.4 Å². The van der Waals surface area contributed by atoms with Gasteiger partial charge in [0, 0.05) is 12.2 Å². The van der Waals surface area contributed by atoms with Gasteiger partial charge in [0.15, 0.2) is 0 Å². The Bertz CT molecular complexity index is 631. The number of hydrogen-bond acceptors (Lipinski definition) is 3. The molecule has 0 aromatic heterocycles. The monoisotopic (exact) mass is 324 g/mol. The molecular weight excluding hydrogens is 300 g/mol. The van der Waals surface area contributed by atoms with Crippen molar-refractivity contribution >= 4 is 11.5 Å². The fourth-order valence-corrected chi connectivity index (χ4v) is 2.45. The van der Waals surface area contributed by atoms with E-state index in [1.807, 2.05) is 81.4 Å². The van der Waals surface area contributed by atoms with Gasteiger partial charge < -0.3 is 9.47 Å². The Morgan fingerprint density at radius 2 is 1.42 bits per heavy atom. The summed E-state index contributed by atoms with van der Waals surface area (Å²) in [4.78, 5) is 12.7. The lowest BCUT2D eigenvalue weighted by atomic mass is 9.93. The van der Waals surface area contributed by atoms with Gasteiger partial charge in [0.25, 0.3) is 0 Å². The van der Waals surface area contributed by atoms with Crippen LogP contribution in [0, 0.1) is 0 Å². The van der Waals surface area contributed by atoms with Gasteiger partial charge in [0.05, 0.1) is 18.3 Å². The van der Waals surface area contributed by atoms with Gasteiger partial charge in [-0.25, -0.2) is 4.79 Å². The molecule has 0 amide bonds. The molecule has 2 rings (SSSR count). The van der Waals surface area contributed by atoms with E-state index in [0.717, 1.165) is 16.7 Å². The first-order valence-corrected chi connectivity index (χ1v) is 8.26. The molecule has 0 spiro atoms. The van der Waals surface area contributed by atoms with Crippen LogP contribution < -0.4 is 0 Å². The topological polar surface area (TPSA) is 35.5 Å². The maximum Gasteiger partial charge on any atom is 0.337 e. The average molecular weight is 324 g/mol. The van der Waals surface area contributed by atoms with Crippen LogP contribution in [0.5, 0.6) is 0 Å². The maximum atomic E-state index is 12.7. The summed E-state index contributed by atoms with van der Waals surface area (Å²) < 4.78 is 11.0. The first-order chi connectivity index (χ1) is 11.6. The van der Waals surface area contributed by atoms with Gasteiger partial charge in [-0.3, -0.25) is 0 Å². The number of benzene rings is 2. The van der Waals surface area contributed by atoms with Crippen LogP contribution in [-0.2, 0) is 14.3 Å². The highest BCUT2D eigenvalue weighted by Gasteiger charge is 2.20. The quantitative estimate of drug-likeness (QED) is 0.556. The summed E-state index contributed by atoms with van der Waals surface area (Å²) in [6.07, 6.45) is -0.179. The van der Waals surface area contributed by atoms with E-state index in [4.69, 9.17) is 9.47 Å². The Balaban J connectivity index is 2.61. The maximum absolute atomic E-state index is 12.7. The molecule has 3 heteroatoms. The third kappa shape index (κ3) is 4.80. The normalized spacial score (nSPS) is 10.5. The molecule has 3 nitrogen and oxygen atoms in total. The standard InChI is InChI=1S/C21H24O3/c1-4-23-15-19(21(22)24-16(2)3)20(17-11-7-5-8-12-17)18-13-9-6-10-14-18/h5-14,16H,4,15H2,1-3H3. The van der Waals surface area contributed by atoms with Crippen molar-refractivity contribution in [1.29, 1.82) is 0 Å². The fraction of sp³-hybridized carbons (Fsp3) is 0.286. The van der Waals surface area contributed by atoms with E-state index in [2.05, 4.69) is 0 Å². The molecule has 0 aliphatic heterocycles. The second kappa shape index (κ2) is 9.04. The molecule has 0 saturated heterocycles. The zero-order chi connectivity index (χ0) is 17.4. The van der Waals surface area contributed by atoms with Crippen LogP contribution in [0.2, 0.25) is 0 Å². The first-order valence-electron chi connectivity index (χ1n) is 8.26. The molecule has 0 saturated carbocycles. The van der Waals surface area contributed by atoms with E-state index in [1.54, 1.807) is 0 Å². The molecule has 126 valence electrons. The minimum Gasteiger partial charge on any atom is -0.460 e. The Labute approximate surface area is 143 Å². The predicted octanol–water partition coefficient (Wildman–Crippen LogP) is 4.48. The third-order valence-corrected chi connectivity index (χ3v) is 3.47. The van der Waals surface area contributed by atoms with Gasteiger partial charge in [-0.05, 0) is 31.9 Å². The minimum atomic E-state index is -0.332. The van der Waals surface area contributed by atoms with E-state index in [0.29, 0.717) is 12.2 Å². The van der Waals surface area contributed by atoms with Gasteiger partial charge in [-0.2, -0.15) is 0 Å². The number of ether oxygens (including phenoxy) is 2. The highest BCUT2D eigenvalue weighted by Crippen LogP contribution is 2.28. The minimum absolute atomic E-state index is 0.179. The zero-order valence-electron chi connectivity index (χ0n) is 14.5. The number of carbonyl (C=O) groups excluding carboxylic acids is 1. The molecule has 0 N–H and O–H groups in total. The summed E-state index contributed by atoms with van der Waals surface area (Å²) in [6, 6.07) is 19.8. The lowest BCUT2D eigenvalue weighted by molar-refractivity contribution is -0.143. The third-order valence-electron chi connectivity index (χ3n) is 3.47. The highest BCUT2D eigenvalue weighted by atomic mass is 16.5. The van der Waals surface area contributed by atoms with E-state index in [-0.39, 0.29) is 18.7 Å². The van der Waals surface area contributed by atoms with Crippen molar-refractivity contribution in [3.63, 3.8) is 0 Å². The van der Waals surface area contributed by atoms with E-state index in [9.17, 15) is 4.79 Å². The molecular formula is C21H24O3. The van der Waals surface area contributed by atoms with E-state index in [1.165, 1.54) is 0 Å². The lowest BCUT2D eigenvalue weighted by Crippen LogP contribution is -2.19. The van der Waals surface area contributed by atoms with Crippen LogP contribution in [0.15, 0.2) is 66.2 Å². The van der Waals surface area contributed by atoms with Gasteiger partial charge in [-0.1, -0.05) is 60.7 Å². The van der Waals surface area contributed by atoms with Gasteiger partial charge in [0.2, 0.25) is 0 Å². The summed E-state index contributed by atoms with van der Waals surface area (Å²) in [5, 5.41) is 0. The second-order valence-corrected chi connectivity index (χ2v) is 5.68. The van der Waals surface area contributed by atoms with Crippen LogP contribution in [0.4, 0.5) is 0 Å². The molecule has 2 aromatic carbocycles. The van der Waals surface area contributed by atoms with Crippen molar-refractivity contribution < 1.29 is 14.3 Å². The number of carbonyl (C=O) groups is 1. The smallest absolute Gasteiger partial charge is 0.337 e. The summed E-state index contributed by atoms with van der Waals surface area (Å²) >= 11 is 0. The number of rotatable bonds is 7. The predicted molar refractivity (Wildman–Crippen MR) is 96.6 cm³/mol. The summed E-state index contributed by atoms with van der Waals surface area (Å²) in [5.41, 5.74) is 3.34. The fourth-order valence-electron chi connectivity index (χ4n) is 2.45. The summed E-state index contributed by atoms with van der Waals surface area (Å²) in [6.45, 7) is 6.37. The van der Waals surface area contributed by atoms with E-state index >= 15 is 0 Å². The Kier molecular flexibility index (Phi) is 6.76. The van der Waals surface area contributed by atoms with Gasteiger partial charge in [-0.15, -0.1) is 0 Å². The molecule has 0 radical (unpaired) electrons. The lowest BCUT2D eigenvalue weighted by Gasteiger charge is -2.17. The summed E-state index contributed by atoms with van der Waals surface area (Å²) in [5.74, 6) is -0.332. The van der Waals surface area contributed by atoms with Crippen LogP contribution in [0.25, 0.3) is 5.57 Å². The molecule has 0 fully saturated rings. The Morgan fingerprint density at radius 1 is 0.917 bits per heavy atom. The van der Waals surface area contributed by atoms with Crippen LogP contribution in [0.3, 0.4) is 0 Å². The molecule has 0 unspecified atom stereocenters. The Morgan fingerprint density at radius 3 is 1.83 bits per heavy atom. The Hall–Kier alpha value is -2.39. The van der Waals surface area contributed by atoms with Gasteiger partial charge in [0.1, 0.15) is 0 Å². The van der Waals surface area contributed by atoms with Crippen molar-refractivity contribution in [1.82, 2.24) is 0 Å². The van der Waals surface area contributed by atoms with Crippen molar-refractivity contribution in [2.75, 3.05) is 13.2 Å². The SMILES string of the molecule is CCOCC(C(=O)OC(C)C)=C(c1ccccc1)c1ccccc1. The van der Waals surface area contributed by atoms with E-state index < -0.39 is 0 Å². The molecule has 0 atom stereocenters. The molecule has 2 aromatic rings. The summed E-state index contributed by atoms with van der Waals surface area (Å²) in [7, 11) is 0. The zero-order valence-corrected chi connectivity index (χ0v) is 14.5. The first kappa shape index (κ1) is 18.0. The van der Waals surface area contributed by atoms with Crippen molar-refractivity contribution in [3.8, 4) is 0 Å². The average Bonchev–Trinajstić information content (AvgIpc) is 2.59. The van der Waals surface area contributed by atoms with Crippen LogP contribution in [0.1, 0.15) is 31.9 Å². The molecule has 0 aliphatic carbocycles. The molecule has 0 aliphatic rings. The molecule has 0 heterocycles. The second-order valence-electron chi connectivity index (χ2n) is 5.68. The van der Waals surface area contributed by atoms with Crippen molar-refractivity contribution in [2.24, 2.45) is 0 Å². The molecule has 0 bridgehead atoms. The highest BCUT2D eigenvalue weighted by molar-refractivity contribution is 6.02. The van der Waals surface area contributed by atoms with Gasteiger partial charge >= 0.3 is 5.97 Å². The molecule has 24 heavy (non-hydrogen) atoms. The number of esters is 1. The van der Waals surface area contributed by atoms with Crippen LogP contribution >= 0.6 is 0 Å².